The van der Waals surface area contributed by atoms with Crippen LogP contribution in [0.2, 0.25) is 0 Å². The van der Waals surface area contributed by atoms with Gasteiger partial charge in [0.25, 0.3) is 0 Å². The van der Waals surface area contributed by atoms with Gasteiger partial charge in [-0.25, -0.2) is 0 Å². The van der Waals surface area contributed by atoms with Gasteiger partial charge in [0.05, 0.1) is 0 Å². The predicted octanol–water partition coefficient (Wildman–Crippen LogP) is 1.54. The Hall–Kier alpha value is -1.18. The van der Waals surface area contributed by atoms with Gasteiger partial charge in [0.15, 0.2) is 0 Å². The first-order valence-corrected chi connectivity index (χ1v) is 3.31. The van der Waals surface area contributed by atoms with Crippen molar-refractivity contribution >= 4 is 5.69 Å². The van der Waals surface area contributed by atoms with E-state index in [0.717, 1.165) is 17.7 Å². The number of anilines is 1. The fourth-order valence-corrected chi connectivity index (χ4v) is 0.898. The molecule has 0 spiro atoms. The number of hydrogen-bond donors (Lipinski definition) is 2. The first kappa shape index (κ1) is 6.93. The second-order valence-corrected chi connectivity index (χ2v) is 2.24. The summed E-state index contributed by atoms with van der Waals surface area (Å²) in [6, 6.07) is 5.00. The van der Waals surface area contributed by atoms with Crippen molar-refractivity contribution in [2.24, 2.45) is 0 Å². The fourth-order valence-electron chi connectivity index (χ4n) is 0.898. The molecule has 0 saturated carbocycles. The average Bonchev–Trinajstić information content (AvgIpc) is 1.94. The van der Waals surface area contributed by atoms with Gasteiger partial charge in [-0.1, -0.05) is 6.92 Å². The number of nitrogens with two attached hydrogens (primary N) is 1. The van der Waals surface area contributed by atoms with Gasteiger partial charge >= 0.3 is 0 Å². The summed E-state index contributed by atoms with van der Waals surface area (Å²) < 4.78 is 0. The monoisotopic (exact) mass is 137 g/mol. The number of aryl methyl sites for hydroxylation is 1. The molecule has 0 radical (unpaired) electrons. The van der Waals surface area contributed by atoms with Gasteiger partial charge in [-0.2, -0.15) is 0 Å². The highest BCUT2D eigenvalue weighted by Crippen LogP contribution is 2.18. The summed E-state index contributed by atoms with van der Waals surface area (Å²) in [5.41, 5.74) is 7.34. The number of rotatable bonds is 1. The molecule has 2 heteroatoms. The van der Waals surface area contributed by atoms with Crippen LogP contribution in [0.3, 0.4) is 0 Å². The summed E-state index contributed by atoms with van der Waals surface area (Å²) in [6.45, 7) is 2.01. The maximum Gasteiger partial charge on any atom is 0.116 e. The molecule has 1 aromatic carbocycles. The molecule has 0 aliphatic heterocycles. The van der Waals surface area contributed by atoms with E-state index in [9.17, 15) is 0 Å². The normalized spacial score (nSPS) is 9.70. The first-order chi connectivity index (χ1) is 4.74. The Balaban J connectivity index is 3.09. The van der Waals surface area contributed by atoms with Crippen molar-refractivity contribution in [3.05, 3.63) is 23.8 Å². The number of nitrogen functional groups attached to an aromatic ring is 1. The molecule has 0 unspecified atom stereocenters. The largest absolute Gasteiger partial charge is 0.508 e. The molecule has 0 heterocycles. The van der Waals surface area contributed by atoms with Gasteiger partial charge in [0.2, 0.25) is 0 Å². The van der Waals surface area contributed by atoms with E-state index in [2.05, 4.69) is 0 Å². The number of phenols is 1. The molecule has 1 aromatic rings. The minimum Gasteiger partial charge on any atom is -0.508 e. The van der Waals surface area contributed by atoms with Crippen LogP contribution in [0.25, 0.3) is 0 Å². The number of hydrogen-bond acceptors (Lipinski definition) is 2. The van der Waals surface area contributed by atoms with Gasteiger partial charge in [-0.15, -0.1) is 0 Å². The minimum atomic E-state index is 0.283. The number of phenolic OH excluding ortho intramolecular Hbond substituents is 1. The Morgan fingerprint density at radius 2 is 2.20 bits per heavy atom. The van der Waals surface area contributed by atoms with E-state index < -0.39 is 0 Å². The summed E-state index contributed by atoms with van der Waals surface area (Å²) in [4.78, 5) is 0. The van der Waals surface area contributed by atoms with Gasteiger partial charge in [-0.05, 0) is 30.2 Å². The van der Waals surface area contributed by atoms with Crippen molar-refractivity contribution < 1.29 is 5.11 Å². The van der Waals surface area contributed by atoms with Crippen molar-refractivity contribution in [2.45, 2.75) is 13.3 Å². The highest BCUT2D eigenvalue weighted by molar-refractivity contribution is 5.49. The van der Waals surface area contributed by atoms with Gasteiger partial charge in [0, 0.05) is 5.69 Å². The third-order valence-electron chi connectivity index (χ3n) is 1.51. The molecule has 0 aromatic heterocycles. The number of benzene rings is 1. The molecule has 0 atom stereocenters. The van der Waals surface area contributed by atoms with Crippen LogP contribution in [0.5, 0.6) is 5.75 Å². The van der Waals surface area contributed by atoms with E-state index in [1.807, 2.05) is 6.92 Å². The van der Waals surface area contributed by atoms with Crippen LogP contribution in [0.4, 0.5) is 5.69 Å². The van der Waals surface area contributed by atoms with Crippen LogP contribution in [0, 0.1) is 0 Å². The molecule has 0 amide bonds. The molecule has 0 aliphatic rings. The lowest BCUT2D eigenvalue weighted by Crippen LogP contribution is -1.90. The zero-order chi connectivity index (χ0) is 7.56. The molecule has 0 aliphatic carbocycles. The molecule has 54 valence electrons. The van der Waals surface area contributed by atoms with Crippen LogP contribution in [0.1, 0.15) is 12.5 Å². The second-order valence-electron chi connectivity index (χ2n) is 2.24. The SMILES string of the molecule is CCc1cc(O)ccc1N. The third-order valence-corrected chi connectivity index (χ3v) is 1.51. The Kier molecular flexibility index (Phi) is 1.81. The molecule has 1 rings (SSSR count). The summed E-state index contributed by atoms with van der Waals surface area (Å²) >= 11 is 0. The van der Waals surface area contributed by atoms with Crippen molar-refractivity contribution in [1.82, 2.24) is 0 Å². The van der Waals surface area contributed by atoms with Gasteiger partial charge in [0.1, 0.15) is 5.75 Å². The summed E-state index contributed by atoms with van der Waals surface area (Å²) in [5, 5.41) is 9.01. The summed E-state index contributed by atoms with van der Waals surface area (Å²) in [5.74, 6) is 0.283. The van der Waals surface area contributed by atoms with Crippen LogP contribution in [0.15, 0.2) is 18.2 Å². The van der Waals surface area contributed by atoms with Crippen molar-refractivity contribution in [3.8, 4) is 5.75 Å². The van der Waals surface area contributed by atoms with Crippen LogP contribution < -0.4 is 5.73 Å². The average molecular weight is 137 g/mol. The predicted molar refractivity (Wildman–Crippen MR) is 41.9 cm³/mol. The van der Waals surface area contributed by atoms with Crippen molar-refractivity contribution in [1.29, 1.82) is 0 Å². The molecule has 10 heavy (non-hydrogen) atoms. The Morgan fingerprint density at radius 3 is 2.70 bits per heavy atom. The fraction of sp³-hybridized carbons (Fsp3) is 0.250. The Bertz CT molecular complexity index is 233. The quantitative estimate of drug-likeness (QED) is 0.455. The maximum atomic E-state index is 9.01. The van der Waals surface area contributed by atoms with E-state index >= 15 is 0 Å². The molecular formula is C8H11NO. The molecule has 0 bridgehead atoms. The van der Waals surface area contributed by atoms with Gasteiger partial charge < -0.3 is 10.8 Å². The number of aromatic hydroxyl groups is 1. The lowest BCUT2D eigenvalue weighted by molar-refractivity contribution is 0.474. The lowest BCUT2D eigenvalue weighted by atomic mass is 10.1. The maximum absolute atomic E-state index is 9.01. The van der Waals surface area contributed by atoms with E-state index in [1.54, 1.807) is 18.2 Å². The smallest absolute Gasteiger partial charge is 0.116 e. The first-order valence-electron chi connectivity index (χ1n) is 3.31. The third kappa shape index (κ3) is 1.21. The zero-order valence-electron chi connectivity index (χ0n) is 5.96. The van der Waals surface area contributed by atoms with Crippen LogP contribution in [-0.4, -0.2) is 5.11 Å². The molecular weight excluding hydrogens is 126 g/mol. The molecule has 0 fully saturated rings. The topological polar surface area (TPSA) is 46.2 Å². The molecule has 0 saturated heterocycles. The highest BCUT2D eigenvalue weighted by Gasteiger charge is 1.95. The zero-order valence-corrected chi connectivity index (χ0v) is 5.96. The van der Waals surface area contributed by atoms with E-state index in [1.165, 1.54) is 0 Å². The summed E-state index contributed by atoms with van der Waals surface area (Å²) in [6.07, 6.45) is 0.861. The molecule has 2 nitrogen and oxygen atoms in total. The van der Waals surface area contributed by atoms with Crippen LogP contribution in [-0.2, 0) is 6.42 Å². The van der Waals surface area contributed by atoms with Crippen molar-refractivity contribution in [2.75, 3.05) is 5.73 Å². The van der Waals surface area contributed by atoms with E-state index in [0.29, 0.717) is 0 Å². The van der Waals surface area contributed by atoms with E-state index in [-0.39, 0.29) is 5.75 Å². The molecule has 3 N–H and O–H groups in total. The van der Waals surface area contributed by atoms with Crippen molar-refractivity contribution in [3.63, 3.8) is 0 Å². The lowest BCUT2D eigenvalue weighted by Gasteiger charge is -2.01. The van der Waals surface area contributed by atoms with Gasteiger partial charge in [-0.3, -0.25) is 0 Å². The van der Waals surface area contributed by atoms with Crippen LogP contribution >= 0.6 is 0 Å². The van der Waals surface area contributed by atoms with E-state index in [4.69, 9.17) is 10.8 Å². The Labute approximate surface area is 60.3 Å². The standard InChI is InChI=1S/C8H11NO/c1-2-6-5-7(10)3-4-8(6)9/h3-5,10H,2,9H2,1H3. The minimum absolute atomic E-state index is 0.283. The highest BCUT2D eigenvalue weighted by atomic mass is 16.3. The Morgan fingerprint density at radius 1 is 1.50 bits per heavy atom. The second kappa shape index (κ2) is 2.60. The summed E-state index contributed by atoms with van der Waals surface area (Å²) in [7, 11) is 0.